The van der Waals surface area contributed by atoms with E-state index in [-0.39, 0.29) is 24.0 Å². The topological polar surface area (TPSA) is 62.0 Å². The van der Waals surface area contributed by atoms with Crippen molar-refractivity contribution in [1.82, 2.24) is 15.5 Å². The summed E-state index contributed by atoms with van der Waals surface area (Å²) in [6, 6.07) is 12.8. The fraction of sp³-hybridized carbons (Fsp3) is 0.542. The molecule has 0 aliphatic carbocycles. The quantitative estimate of drug-likeness (QED) is 0.183. The molecule has 2 heterocycles. The average molecular weight is 540 g/mol. The van der Waals surface area contributed by atoms with Gasteiger partial charge >= 0.3 is 0 Å². The summed E-state index contributed by atoms with van der Waals surface area (Å²) in [5, 5.41) is 6.82. The van der Waals surface area contributed by atoms with Crippen LogP contribution in [0, 0.1) is 0 Å². The minimum atomic E-state index is 0. The molecule has 1 aromatic carbocycles. The number of aliphatic imine (C=N–C) groups is 1. The predicted molar refractivity (Wildman–Crippen MR) is 137 cm³/mol. The van der Waals surface area contributed by atoms with Crippen molar-refractivity contribution < 1.29 is 9.15 Å². The third-order valence-corrected chi connectivity index (χ3v) is 5.25. The van der Waals surface area contributed by atoms with Crippen LogP contribution in [0.2, 0.25) is 0 Å². The smallest absolute Gasteiger partial charge is 0.191 e. The van der Waals surface area contributed by atoms with E-state index in [0.29, 0.717) is 6.54 Å². The highest BCUT2D eigenvalue weighted by atomic mass is 127. The van der Waals surface area contributed by atoms with Gasteiger partial charge in [0, 0.05) is 39.3 Å². The summed E-state index contributed by atoms with van der Waals surface area (Å²) in [6.07, 6.45) is 6.17. The largest absolute Gasteiger partial charge is 0.469 e. The zero-order valence-electron chi connectivity index (χ0n) is 18.6. The molecule has 1 fully saturated rings. The van der Waals surface area contributed by atoms with E-state index in [9.17, 15) is 0 Å². The fourth-order valence-electron chi connectivity index (χ4n) is 3.58. The number of rotatable bonds is 12. The number of nitrogens with one attached hydrogen (secondary N) is 2. The number of hydrogen-bond donors (Lipinski definition) is 2. The van der Waals surface area contributed by atoms with E-state index in [4.69, 9.17) is 14.1 Å². The molecule has 3 rings (SSSR count). The maximum absolute atomic E-state index is 5.42. The Morgan fingerprint density at radius 2 is 1.81 bits per heavy atom. The molecule has 0 spiro atoms. The van der Waals surface area contributed by atoms with Crippen molar-refractivity contribution in [2.45, 2.75) is 45.7 Å². The van der Waals surface area contributed by atoms with Crippen LogP contribution in [0.3, 0.4) is 0 Å². The van der Waals surface area contributed by atoms with Gasteiger partial charge in [-0.15, -0.1) is 24.0 Å². The monoisotopic (exact) mass is 540 g/mol. The second-order valence-corrected chi connectivity index (χ2v) is 7.70. The Labute approximate surface area is 203 Å². The molecular weight excluding hydrogens is 503 g/mol. The van der Waals surface area contributed by atoms with Crippen molar-refractivity contribution >= 4 is 29.9 Å². The normalized spacial score (nSPS) is 14.4. The van der Waals surface area contributed by atoms with Crippen LogP contribution >= 0.6 is 24.0 Å². The molecule has 6 nitrogen and oxygen atoms in total. The van der Waals surface area contributed by atoms with Crippen LogP contribution in [0.15, 0.2) is 52.1 Å². The van der Waals surface area contributed by atoms with Crippen molar-refractivity contribution in [3.63, 3.8) is 0 Å². The highest BCUT2D eigenvalue weighted by molar-refractivity contribution is 14.0. The number of halogens is 1. The van der Waals surface area contributed by atoms with Gasteiger partial charge in [-0.1, -0.05) is 24.3 Å². The van der Waals surface area contributed by atoms with Crippen molar-refractivity contribution in [2.24, 2.45) is 4.99 Å². The van der Waals surface area contributed by atoms with Gasteiger partial charge in [-0.3, -0.25) is 4.90 Å². The molecule has 7 heteroatoms. The van der Waals surface area contributed by atoms with Gasteiger partial charge in [0.2, 0.25) is 0 Å². The lowest BCUT2D eigenvalue weighted by Crippen LogP contribution is -2.39. The maximum Gasteiger partial charge on any atom is 0.191 e. The van der Waals surface area contributed by atoms with Gasteiger partial charge in [-0.05, 0) is 62.5 Å². The van der Waals surface area contributed by atoms with Crippen LogP contribution in [0.25, 0.3) is 0 Å². The first-order valence-electron chi connectivity index (χ1n) is 11.3. The molecular formula is C24H37IN4O2. The standard InChI is InChI=1S/C24H36N4O2.HI/c1-2-29-17-6-13-25-24(26-14-12-23-7-5-18-30-23)27-19-21-8-10-22(11-9-21)20-28-15-3-4-16-28;/h5,7-11,18H,2-4,6,12-17,19-20H2,1H3,(H2,25,26,27);1H. The molecule has 1 aliphatic rings. The van der Waals surface area contributed by atoms with Crippen LogP contribution in [0.1, 0.15) is 43.1 Å². The highest BCUT2D eigenvalue weighted by Gasteiger charge is 2.11. The third-order valence-electron chi connectivity index (χ3n) is 5.25. The van der Waals surface area contributed by atoms with Gasteiger partial charge in [0.25, 0.3) is 0 Å². The molecule has 2 N–H and O–H groups in total. The van der Waals surface area contributed by atoms with Gasteiger partial charge in [0.1, 0.15) is 5.76 Å². The predicted octanol–water partition coefficient (Wildman–Crippen LogP) is 4.20. The number of hydrogen-bond acceptors (Lipinski definition) is 4. The molecule has 0 bridgehead atoms. The summed E-state index contributed by atoms with van der Waals surface area (Å²) in [4.78, 5) is 7.30. The number of nitrogens with zero attached hydrogens (tertiary/aromatic N) is 2. The Kier molecular flexibility index (Phi) is 12.6. The number of likely N-dealkylation sites (tertiary alicyclic amines) is 1. The van der Waals surface area contributed by atoms with Crippen LogP contribution in [0.5, 0.6) is 0 Å². The van der Waals surface area contributed by atoms with Crippen LogP contribution in [0.4, 0.5) is 0 Å². The van der Waals surface area contributed by atoms with Gasteiger partial charge in [-0.2, -0.15) is 0 Å². The van der Waals surface area contributed by atoms with Crippen molar-refractivity contribution in [3.8, 4) is 0 Å². The summed E-state index contributed by atoms with van der Waals surface area (Å²) < 4.78 is 10.8. The first-order chi connectivity index (χ1) is 14.8. The molecule has 1 saturated heterocycles. The lowest BCUT2D eigenvalue weighted by Gasteiger charge is -2.15. The summed E-state index contributed by atoms with van der Waals surface area (Å²) in [5.74, 6) is 1.81. The Morgan fingerprint density at radius 3 is 2.52 bits per heavy atom. The molecule has 0 atom stereocenters. The van der Waals surface area contributed by atoms with E-state index in [1.165, 1.54) is 37.1 Å². The van der Waals surface area contributed by atoms with Gasteiger partial charge < -0.3 is 19.8 Å². The van der Waals surface area contributed by atoms with E-state index in [2.05, 4.69) is 39.8 Å². The molecule has 2 aromatic rings. The Hall–Kier alpha value is -1.58. The van der Waals surface area contributed by atoms with Gasteiger partial charge in [-0.25, -0.2) is 4.99 Å². The molecule has 0 unspecified atom stereocenters. The highest BCUT2D eigenvalue weighted by Crippen LogP contribution is 2.13. The van der Waals surface area contributed by atoms with E-state index in [0.717, 1.165) is 57.4 Å². The summed E-state index contributed by atoms with van der Waals surface area (Å²) in [6.45, 7) is 9.34. The van der Waals surface area contributed by atoms with E-state index >= 15 is 0 Å². The first kappa shape index (κ1) is 25.7. The number of furan rings is 1. The number of guanidine groups is 1. The Morgan fingerprint density at radius 1 is 1.06 bits per heavy atom. The zero-order chi connectivity index (χ0) is 20.9. The van der Waals surface area contributed by atoms with Crippen molar-refractivity contribution in [2.75, 3.05) is 39.4 Å². The number of ether oxygens (including phenoxy) is 1. The van der Waals surface area contributed by atoms with Gasteiger partial charge in [0.15, 0.2) is 5.96 Å². The van der Waals surface area contributed by atoms with Crippen LogP contribution in [-0.2, 0) is 24.2 Å². The Bertz CT molecular complexity index is 729. The first-order valence-corrected chi connectivity index (χ1v) is 11.3. The minimum absolute atomic E-state index is 0. The summed E-state index contributed by atoms with van der Waals surface area (Å²) in [5.41, 5.74) is 2.61. The second kappa shape index (κ2) is 15.3. The molecule has 31 heavy (non-hydrogen) atoms. The molecule has 1 aromatic heterocycles. The van der Waals surface area contributed by atoms with E-state index in [1.807, 2.05) is 19.1 Å². The molecule has 0 saturated carbocycles. The van der Waals surface area contributed by atoms with Crippen LogP contribution < -0.4 is 10.6 Å². The third kappa shape index (κ3) is 10.1. The minimum Gasteiger partial charge on any atom is -0.469 e. The summed E-state index contributed by atoms with van der Waals surface area (Å²) in [7, 11) is 0. The second-order valence-electron chi connectivity index (χ2n) is 7.70. The van der Waals surface area contributed by atoms with E-state index in [1.54, 1.807) is 6.26 Å². The lowest BCUT2D eigenvalue weighted by atomic mass is 10.1. The van der Waals surface area contributed by atoms with Gasteiger partial charge in [0.05, 0.1) is 12.8 Å². The van der Waals surface area contributed by atoms with Crippen molar-refractivity contribution in [1.29, 1.82) is 0 Å². The maximum atomic E-state index is 5.42. The summed E-state index contributed by atoms with van der Waals surface area (Å²) >= 11 is 0. The zero-order valence-corrected chi connectivity index (χ0v) is 21.0. The SMILES string of the molecule is CCOCCCNC(=NCc1ccc(CN2CCCC2)cc1)NCCc1ccco1.I. The van der Waals surface area contributed by atoms with E-state index < -0.39 is 0 Å². The molecule has 172 valence electrons. The Balaban J connectivity index is 0.00000341. The fourth-order valence-corrected chi connectivity index (χ4v) is 3.58. The van der Waals surface area contributed by atoms with Crippen LogP contribution in [-0.4, -0.2) is 50.3 Å². The molecule has 0 amide bonds. The number of benzene rings is 1. The van der Waals surface area contributed by atoms with Crippen molar-refractivity contribution in [3.05, 3.63) is 59.5 Å². The molecule has 1 aliphatic heterocycles. The average Bonchev–Trinajstić information content (AvgIpc) is 3.47. The lowest BCUT2D eigenvalue weighted by molar-refractivity contribution is 0.145. The molecule has 0 radical (unpaired) electrons.